The minimum absolute atomic E-state index is 0.143. The quantitative estimate of drug-likeness (QED) is 0.850. The number of rotatable bonds is 3. The Morgan fingerprint density at radius 1 is 1.20 bits per heavy atom. The summed E-state index contributed by atoms with van der Waals surface area (Å²) in [6.45, 7) is 3.50. The molecule has 0 amide bonds. The molecule has 5 nitrogen and oxygen atoms in total. The first kappa shape index (κ1) is 14.3. The number of benzene rings is 1. The number of hydrogen-bond donors (Lipinski definition) is 2. The fourth-order valence-electron chi connectivity index (χ4n) is 1.76. The molecule has 106 valence electrons. The first-order chi connectivity index (χ1) is 9.29. The molecule has 0 aliphatic heterocycles. The predicted octanol–water partition coefficient (Wildman–Crippen LogP) is 2.22. The molecule has 7 heteroatoms. The monoisotopic (exact) mass is 295 g/mol. The van der Waals surface area contributed by atoms with Crippen LogP contribution in [0.25, 0.3) is 0 Å². The van der Waals surface area contributed by atoms with Crippen molar-refractivity contribution < 1.29 is 12.8 Å². The molecule has 0 radical (unpaired) electrons. The van der Waals surface area contributed by atoms with Crippen molar-refractivity contribution >= 4 is 21.4 Å². The molecule has 0 aliphatic carbocycles. The third kappa shape index (κ3) is 2.88. The van der Waals surface area contributed by atoms with Gasteiger partial charge in [-0.2, -0.15) is 0 Å². The third-order valence-electron chi connectivity index (χ3n) is 2.73. The molecule has 20 heavy (non-hydrogen) atoms. The maximum Gasteiger partial charge on any atom is 0.264 e. The highest BCUT2D eigenvalue weighted by atomic mass is 32.2. The maximum absolute atomic E-state index is 13.0. The summed E-state index contributed by atoms with van der Waals surface area (Å²) in [6.07, 6.45) is 0. The molecule has 0 spiro atoms. The zero-order valence-corrected chi connectivity index (χ0v) is 11.8. The molecule has 0 fully saturated rings. The van der Waals surface area contributed by atoms with Gasteiger partial charge in [0.1, 0.15) is 10.7 Å². The Balaban J connectivity index is 2.41. The van der Waals surface area contributed by atoms with Crippen molar-refractivity contribution in [2.24, 2.45) is 0 Å². The van der Waals surface area contributed by atoms with Crippen LogP contribution in [0.3, 0.4) is 0 Å². The van der Waals surface area contributed by atoms with E-state index in [1.54, 1.807) is 19.1 Å². The molecule has 0 unspecified atom stereocenters. The molecule has 0 atom stereocenters. The lowest BCUT2D eigenvalue weighted by molar-refractivity contribution is 0.600. The molecule has 0 aliphatic rings. The SMILES string of the molecule is Cc1ccc(NS(=O)(=O)c2ccc(F)cc2N)c(C)n1. The second-order valence-electron chi connectivity index (χ2n) is 4.37. The van der Waals surface area contributed by atoms with Gasteiger partial charge in [-0.05, 0) is 44.2 Å². The Labute approximate surface area is 116 Å². The summed E-state index contributed by atoms with van der Waals surface area (Å²) < 4.78 is 39.8. The van der Waals surface area contributed by atoms with Gasteiger partial charge in [-0.25, -0.2) is 12.8 Å². The van der Waals surface area contributed by atoms with Crippen LogP contribution in [0.4, 0.5) is 15.8 Å². The van der Waals surface area contributed by atoms with Crippen molar-refractivity contribution in [2.75, 3.05) is 10.5 Å². The van der Waals surface area contributed by atoms with E-state index < -0.39 is 15.8 Å². The lowest BCUT2D eigenvalue weighted by atomic mass is 10.3. The van der Waals surface area contributed by atoms with E-state index >= 15 is 0 Å². The van der Waals surface area contributed by atoms with Crippen LogP contribution in [0.2, 0.25) is 0 Å². The standard InChI is InChI=1S/C13H14FN3O2S/c1-8-3-5-12(9(2)16-8)17-20(18,19)13-6-4-10(14)7-11(13)15/h3-7,17H,15H2,1-2H3. The van der Waals surface area contributed by atoms with E-state index in [1.165, 1.54) is 0 Å². The Morgan fingerprint density at radius 3 is 2.50 bits per heavy atom. The number of aryl methyl sites for hydroxylation is 2. The molecule has 3 N–H and O–H groups in total. The van der Waals surface area contributed by atoms with Gasteiger partial charge in [0.2, 0.25) is 0 Å². The van der Waals surface area contributed by atoms with E-state index in [9.17, 15) is 12.8 Å². The molecule has 1 heterocycles. The van der Waals surface area contributed by atoms with Crippen molar-refractivity contribution in [3.05, 3.63) is 47.5 Å². The van der Waals surface area contributed by atoms with Gasteiger partial charge in [-0.15, -0.1) is 0 Å². The number of sulfonamides is 1. The van der Waals surface area contributed by atoms with Crippen molar-refractivity contribution in [1.82, 2.24) is 4.98 Å². The largest absolute Gasteiger partial charge is 0.398 e. The molecule has 0 bridgehead atoms. The van der Waals surface area contributed by atoms with Crippen molar-refractivity contribution in [2.45, 2.75) is 18.7 Å². The number of nitrogens with one attached hydrogen (secondary N) is 1. The maximum atomic E-state index is 13.0. The van der Waals surface area contributed by atoms with Gasteiger partial charge in [0, 0.05) is 5.69 Å². The second-order valence-corrected chi connectivity index (χ2v) is 6.02. The Morgan fingerprint density at radius 2 is 1.90 bits per heavy atom. The Kier molecular flexibility index (Phi) is 3.63. The van der Waals surface area contributed by atoms with Crippen LogP contribution in [-0.4, -0.2) is 13.4 Å². The number of anilines is 2. The van der Waals surface area contributed by atoms with E-state index in [4.69, 9.17) is 5.73 Å². The predicted molar refractivity (Wildman–Crippen MR) is 75.3 cm³/mol. The number of nitrogens with two attached hydrogens (primary N) is 1. The first-order valence-corrected chi connectivity index (χ1v) is 7.30. The molecular weight excluding hydrogens is 281 g/mol. The number of pyridine rings is 1. The van der Waals surface area contributed by atoms with E-state index in [0.29, 0.717) is 11.4 Å². The second kappa shape index (κ2) is 5.09. The summed E-state index contributed by atoms with van der Waals surface area (Å²) in [6, 6.07) is 6.46. The topological polar surface area (TPSA) is 85.1 Å². The van der Waals surface area contributed by atoms with Gasteiger partial charge >= 0.3 is 0 Å². The van der Waals surface area contributed by atoms with E-state index in [0.717, 1.165) is 23.9 Å². The number of nitrogen functional groups attached to an aromatic ring is 1. The van der Waals surface area contributed by atoms with Gasteiger partial charge in [-0.1, -0.05) is 0 Å². The summed E-state index contributed by atoms with van der Waals surface area (Å²) in [7, 11) is -3.88. The smallest absolute Gasteiger partial charge is 0.264 e. The minimum Gasteiger partial charge on any atom is -0.398 e. The molecule has 1 aromatic carbocycles. The molecule has 0 saturated carbocycles. The highest BCUT2D eigenvalue weighted by molar-refractivity contribution is 7.92. The first-order valence-electron chi connectivity index (χ1n) is 5.82. The van der Waals surface area contributed by atoms with E-state index in [1.807, 2.05) is 6.92 Å². The summed E-state index contributed by atoms with van der Waals surface area (Å²) in [5.74, 6) is -0.588. The minimum atomic E-state index is -3.88. The van der Waals surface area contributed by atoms with Crippen LogP contribution in [0.5, 0.6) is 0 Å². The lowest BCUT2D eigenvalue weighted by Crippen LogP contribution is -2.16. The van der Waals surface area contributed by atoms with Crippen LogP contribution in [0, 0.1) is 19.7 Å². The normalized spacial score (nSPS) is 11.3. The Bertz CT molecular complexity index is 760. The molecule has 1 aromatic heterocycles. The van der Waals surface area contributed by atoms with Crippen molar-refractivity contribution in [3.8, 4) is 0 Å². The Hall–Kier alpha value is -2.15. The molecule has 2 aromatic rings. The lowest BCUT2D eigenvalue weighted by Gasteiger charge is -2.12. The van der Waals surface area contributed by atoms with Gasteiger partial charge < -0.3 is 5.73 Å². The summed E-state index contributed by atoms with van der Waals surface area (Å²) >= 11 is 0. The van der Waals surface area contributed by atoms with E-state index in [-0.39, 0.29) is 10.6 Å². The zero-order chi connectivity index (χ0) is 14.9. The number of nitrogens with zero attached hydrogens (tertiary/aromatic N) is 1. The van der Waals surface area contributed by atoms with E-state index in [2.05, 4.69) is 9.71 Å². The summed E-state index contributed by atoms with van der Waals surface area (Å²) in [5.41, 5.74) is 7.10. The molecular formula is C13H14FN3O2S. The van der Waals surface area contributed by atoms with Crippen LogP contribution < -0.4 is 10.5 Å². The molecule has 2 rings (SSSR count). The third-order valence-corrected chi connectivity index (χ3v) is 4.17. The fourth-order valence-corrected chi connectivity index (χ4v) is 2.99. The van der Waals surface area contributed by atoms with Crippen molar-refractivity contribution in [1.29, 1.82) is 0 Å². The highest BCUT2D eigenvalue weighted by Crippen LogP contribution is 2.23. The van der Waals surface area contributed by atoms with Crippen molar-refractivity contribution in [3.63, 3.8) is 0 Å². The number of aromatic nitrogens is 1. The highest BCUT2D eigenvalue weighted by Gasteiger charge is 2.19. The summed E-state index contributed by atoms with van der Waals surface area (Å²) in [4.78, 5) is 4.00. The van der Waals surface area contributed by atoms with Gasteiger partial charge in [0.25, 0.3) is 10.0 Å². The fraction of sp³-hybridized carbons (Fsp3) is 0.154. The van der Waals surface area contributed by atoms with Crippen LogP contribution in [0.1, 0.15) is 11.4 Å². The number of hydrogen-bond acceptors (Lipinski definition) is 4. The van der Waals surface area contributed by atoms with Crippen LogP contribution in [-0.2, 0) is 10.0 Å². The molecule has 0 saturated heterocycles. The summed E-state index contributed by atoms with van der Waals surface area (Å²) in [5, 5.41) is 0. The number of halogens is 1. The van der Waals surface area contributed by atoms with Gasteiger partial charge in [-0.3, -0.25) is 9.71 Å². The zero-order valence-electron chi connectivity index (χ0n) is 11.0. The van der Waals surface area contributed by atoms with Crippen LogP contribution in [0.15, 0.2) is 35.2 Å². The van der Waals surface area contributed by atoms with Crippen LogP contribution >= 0.6 is 0 Å². The average Bonchev–Trinajstić information content (AvgIpc) is 2.32. The van der Waals surface area contributed by atoms with Gasteiger partial charge in [0.15, 0.2) is 0 Å². The average molecular weight is 295 g/mol. The van der Waals surface area contributed by atoms with Gasteiger partial charge in [0.05, 0.1) is 17.1 Å².